The molecule has 0 amide bonds. The molecule has 0 radical (unpaired) electrons. The van der Waals surface area contributed by atoms with Crippen molar-refractivity contribution in [1.82, 2.24) is 15.0 Å². The fourth-order valence-electron chi connectivity index (χ4n) is 3.98. The van der Waals surface area contributed by atoms with Crippen LogP contribution >= 0.6 is 0 Å². The third-order valence-electron chi connectivity index (χ3n) is 5.63. The van der Waals surface area contributed by atoms with Crippen molar-refractivity contribution in [3.05, 3.63) is 77.6 Å². The van der Waals surface area contributed by atoms with Gasteiger partial charge in [-0.05, 0) is 57.5 Å². The second-order valence-electron chi connectivity index (χ2n) is 8.28. The largest absolute Gasteiger partial charge is 0.500 e. The van der Waals surface area contributed by atoms with Crippen LogP contribution in [0.4, 0.5) is 0 Å². The molecule has 0 saturated carbocycles. The van der Waals surface area contributed by atoms with Gasteiger partial charge in [-0.1, -0.05) is 35.5 Å². The van der Waals surface area contributed by atoms with E-state index in [-0.39, 0.29) is 12.4 Å². The number of benzene rings is 2. The summed E-state index contributed by atoms with van der Waals surface area (Å²) in [4.78, 5) is 12.9. The minimum atomic E-state index is -2.68. The number of ether oxygens (including phenoxy) is 2. The molecule has 0 fully saturated rings. The predicted octanol–water partition coefficient (Wildman–Crippen LogP) is 5.20. The summed E-state index contributed by atoms with van der Waals surface area (Å²) in [6, 6.07) is 15.4. The third kappa shape index (κ3) is 8.35. The van der Waals surface area contributed by atoms with Gasteiger partial charge in [-0.25, -0.2) is 0 Å². The number of rotatable bonds is 17. The van der Waals surface area contributed by atoms with Crippen molar-refractivity contribution in [2.75, 3.05) is 26.9 Å². The highest BCUT2D eigenvalue weighted by molar-refractivity contribution is 6.60. The summed E-state index contributed by atoms with van der Waals surface area (Å²) in [6.45, 7) is 8.35. The van der Waals surface area contributed by atoms with E-state index in [1.165, 1.54) is 6.08 Å². The number of carbonyl (C=O) groups is 1. The zero-order valence-corrected chi connectivity index (χ0v) is 23.6. The quantitative estimate of drug-likeness (QED) is 0.131. The van der Waals surface area contributed by atoms with E-state index in [1.807, 2.05) is 63.4 Å². The van der Waals surface area contributed by atoms with Gasteiger partial charge < -0.3 is 22.8 Å². The van der Waals surface area contributed by atoms with Gasteiger partial charge in [0.2, 0.25) is 0 Å². The van der Waals surface area contributed by atoms with Crippen LogP contribution in [0.5, 0.6) is 11.5 Å². The van der Waals surface area contributed by atoms with Crippen LogP contribution in [0.3, 0.4) is 0 Å². The highest BCUT2D eigenvalue weighted by atomic mass is 28.4. The van der Waals surface area contributed by atoms with Crippen LogP contribution in [0.15, 0.2) is 60.8 Å². The Morgan fingerprint density at radius 2 is 1.61 bits per heavy atom. The van der Waals surface area contributed by atoms with Gasteiger partial charge in [0.15, 0.2) is 5.78 Å². The topological polar surface area (TPSA) is 93.9 Å². The molecule has 0 saturated heterocycles. The highest BCUT2D eigenvalue weighted by Gasteiger charge is 2.39. The average molecular weight is 540 g/mol. The molecule has 0 aliphatic rings. The lowest BCUT2D eigenvalue weighted by Gasteiger charge is -2.28. The molecule has 10 heteroatoms. The van der Waals surface area contributed by atoms with Crippen molar-refractivity contribution in [2.45, 2.75) is 46.4 Å². The predicted molar refractivity (Wildman–Crippen MR) is 147 cm³/mol. The number of aromatic nitrogens is 3. The number of hydrogen-bond acceptors (Lipinski definition) is 8. The van der Waals surface area contributed by atoms with Crippen LogP contribution in [-0.2, 0) is 26.4 Å². The first kappa shape index (κ1) is 29.2. The number of carbonyl (C=O) groups excluding carboxylic acids is 1. The number of para-hydroxylation sites is 2. The van der Waals surface area contributed by atoms with E-state index in [2.05, 4.69) is 10.3 Å². The minimum Gasteiger partial charge on any atom is -0.496 e. The number of methoxy groups -OCH3 is 1. The van der Waals surface area contributed by atoms with Crippen LogP contribution in [0.25, 0.3) is 6.08 Å². The van der Waals surface area contributed by atoms with Gasteiger partial charge in [0.1, 0.15) is 23.8 Å². The Bertz CT molecular complexity index is 1170. The van der Waals surface area contributed by atoms with E-state index in [9.17, 15) is 4.79 Å². The van der Waals surface area contributed by atoms with Gasteiger partial charge in [-0.15, -0.1) is 5.10 Å². The Labute approximate surface area is 225 Å². The standard InChI is InChI=1S/C28H37N3O6Si/c1-5-35-38(36-6-2,37-7-3)20-12-19-31-21-24(29-30-31)22-34-28-16-11-9-14-25(28)26(32)18-17-23-13-8-10-15-27(23)33-4/h8-11,13-18,21H,5-7,12,19-20,22H2,1-4H3/b18-17+. The highest BCUT2D eigenvalue weighted by Crippen LogP contribution is 2.23. The molecular weight excluding hydrogens is 502 g/mol. The molecule has 204 valence electrons. The van der Waals surface area contributed by atoms with Crippen molar-refractivity contribution in [3.63, 3.8) is 0 Å². The molecule has 0 unspecified atom stereocenters. The average Bonchev–Trinajstić information content (AvgIpc) is 3.39. The second kappa shape index (κ2) is 15.2. The molecule has 1 aromatic heterocycles. The Morgan fingerprint density at radius 1 is 0.947 bits per heavy atom. The molecule has 3 aromatic rings. The summed E-state index contributed by atoms with van der Waals surface area (Å²) in [5, 5.41) is 8.43. The lowest BCUT2D eigenvalue weighted by molar-refractivity contribution is 0.0704. The summed E-state index contributed by atoms with van der Waals surface area (Å²) >= 11 is 0. The molecule has 9 nitrogen and oxygen atoms in total. The Morgan fingerprint density at radius 3 is 2.29 bits per heavy atom. The van der Waals surface area contributed by atoms with Crippen molar-refractivity contribution < 1.29 is 27.5 Å². The SMILES string of the molecule is CCO[Si](CCCn1cc(COc2ccccc2C(=O)/C=C/c2ccccc2OC)nn1)(OCC)OCC. The summed E-state index contributed by atoms with van der Waals surface area (Å²) in [5.41, 5.74) is 1.96. The number of nitrogens with zero attached hydrogens (tertiary/aromatic N) is 3. The van der Waals surface area contributed by atoms with Gasteiger partial charge in [0.05, 0.1) is 18.9 Å². The van der Waals surface area contributed by atoms with E-state index in [0.717, 1.165) is 12.0 Å². The molecule has 1 heterocycles. The van der Waals surface area contributed by atoms with Gasteiger partial charge in [0, 0.05) is 38.0 Å². The molecule has 0 N–H and O–H groups in total. The Kier molecular flexibility index (Phi) is 11.7. The zero-order valence-electron chi connectivity index (χ0n) is 22.6. The first-order chi connectivity index (χ1) is 18.5. The summed E-state index contributed by atoms with van der Waals surface area (Å²) in [7, 11) is -1.08. The minimum absolute atomic E-state index is 0.166. The van der Waals surface area contributed by atoms with Gasteiger partial charge in [-0.2, -0.15) is 0 Å². The third-order valence-corrected chi connectivity index (χ3v) is 8.78. The maximum atomic E-state index is 12.9. The maximum absolute atomic E-state index is 12.9. The fraction of sp³-hybridized carbons (Fsp3) is 0.393. The zero-order chi connectivity index (χ0) is 27.2. The van der Waals surface area contributed by atoms with E-state index in [1.54, 1.807) is 30.0 Å². The number of allylic oxidation sites excluding steroid dienone is 1. The van der Waals surface area contributed by atoms with Crippen molar-refractivity contribution in [2.24, 2.45) is 0 Å². The van der Waals surface area contributed by atoms with Gasteiger partial charge in [-0.3, -0.25) is 9.48 Å². The lowest BCUT2D eigenvalue weighted by Crippen LogP contribution is -2.46. The molecule has 0 bridgehead atoms. The fourth-order valence-corrected chi connectivity index (χ4v) is 6.57. The molecule has 3 rings (SSSR count). The van der Waals surface area contributed by atoms with E-state index >= 15 is 0 Å². The molecule has 38 heavy (non-hydrogen) atoms. The molecule has 0 aliphatic heterocycles. The van der Waals surface area contributed by atoms with E-state index < -0.39 is 8.80 Å². The van der Waals surface area contributed by atoms with Crippen LogP contribution in [0, 0.1) is 0 Å². The number of hydrogen-bond donors (Lipinski definition) is 0. The van der Waals surface area contributed by atoms with Crippen LogP contribution < -0.4 is 9.47 Å². The molecule has 0 atom stereocenters. The first-order valence-electron chi connectivity index (χ1n) is 12.9. The number of aryl methyl sites for hydroxylation is 1. The number of ketones is 1. The lowest BCUT2D eigenvalue weighted by atomic mass is 10.1. The summed E-state index contributed by atoms with van der Waals surface area (Å²) < 4.78 is 30.8. The van der Waals surface area contributed by atoms with Crippen molar-refractivity contribution in [1.29, 1.82) is 0 Å². The van der Waals surface area contributed by atoms with E-state index in [4.69, 9.17) is 22.8 Å². The molecule has 2 aromatic carbocycles. The molecule has 0 spiro atoms. The smallest absolute Gasteiger partial charge is 0.496 e. The second-order valence-corrected chi connectivity index (χ2v) is 11.0. The van der Waals surface area contributed by atoms with Crippen molar-refractivity contribution >= 4 is 20.7 Å². The van der Waals surface area contributed by atoms with Gasteiger partial charge >= 0.3 is 8.80 Å². The van der Waals surface area contributed by atoms with Crippen LogP contribution in [-0.4, -0.2) is 56.5 Å². The maximum Gasteiger partial charge on any atom is 0.500 e. The van der Waals surface area contributed by atoms with Gasteiger partial charge in [0.25, 0.3) is 0 Å². The summed E-state index contributed by atoms with van der Waals surface area (Å²) in [6.07, 6.45) is 5.89. The Hall–Kier alpha value is -3.31. The van der Waals surface area contributed by atoms with Crippen molar-refractivity contribution in [3.8, 4) is 11.5 Å². The monoisotopic (exact) mass is 539 g/mol. The Balaban J connectivity index is 1.58. The normalized spacial score (nSPS) is 11.7. The van der Waals surface area contributed by atoms with Crippen LogP contribution in [0.2, 0.25) is 6.04 Å². The molecular formula is C28H37N3O6Si. The summed E-state index contributed by atoms with van der Waals surface area (Å²) in [5.74, 6) is 1.02. The first-order valence-corrected chi connectivity index (χ1v) is 14.9. The van der Waals surface area contributed by atoms with Crippen LogP contribution in [0.1, 0.15) is 48.8 Å². The van der Waals surface area contributed by atoms with E-state index in [0.29, 0.717) is 55.2 Å². The molecule has 0 aliphatic carbocycles.